The topological polar surface area (TPSA) is 145 Å². The van der Waals surface area contributed by atoms with E-state index < -0.39 is 0 Å². The van der Waals surface area contributed by atoms with Gasteiger partial charge in [0.05, 0.1) is 125 Å². The van der Waals surface area contributed by atoms with E-state index in [-0.39, 0.29) is 48.8 Å². The fourth-order valence-electron chi connectivity index (χ4n) is 10.9. The monoisotopic (exact) mass is 1100 g/mol. The summed E-state index contributed by atoms with van der Waals surface area (Å²) in [6.07, 6.45) is 10.2. The lowest BCUT2D eigenvalue weighted by molar-refractivity contribution is -0.941. The summed E-state index contributed by atoms with van der Waals surface area (Å²) in [5.41, 5.74) is 6.93. The average Bonchev–Trinajstić information content (AvgIpc) is 3.42. The zero-order chi connectivity index (χ0) is 53.4. The number of rotatable bonds is 28. The van der Waals surface area contributed by atoms with Gasteiger partial charge >= 0.3 is 11.9 Å². The number of allylic oxidation sites excluding steroid dienone is 1. The Morgan fingerprint density at radius 1 is 0.487 bits per heavy atom. The second kappa shape index (κ2) is 29.5. The van der Waals surface area contributed by atoms with Crippen LogP contribution in [0.2, 0.25) is 0 Å². The molecule has 76 heavy (non-hydrogen) atoms. The van der Waals surface area contributed by atoms with Crippen LogP contribution < -0.4 is 72.2 Å². The zero-order valence-corrected chi connectivity index (χ0v) is 48.1. The van der Waals surface area contributed by atoms with Crippen LogP contribution >= 0.6 is 0 Å². The van der Waals surface area contributed by atoms with Crippen molar-refractivity contribution in [1.29, 1.82) is 0 Å². The molecule has 4 aromatic rings. The van der Waals surface area contributed by atoms with Gasteiger partial charge in [0.1, 0.15) is 12.1 Å². The Balaban J connectivity index is 0.00000624. The first kappa shape index (κ1) is 62.6. The van der Waals surface area contributed by atoms with Crippen molar-refractivity contribution in [3.05, 3.63) is 94.1 Å². The number of fused-ring (bicyclic) bond motifs is 2. The van der Waals surface area contributed by atoms with Crippen LogP contribution in [0.15, 0.2) is 60.7 Å². The Kier molecular flexibility index (Phi) is 24.3. The van der Waals surface area contributed by atoms with Crippen LogP contribution in [-0.2, 0) is 44.7 Å². The summed E-state index contributed by atoms with van der Waals surface area (Å²) in [6, 6.07) is 16.5. The standard InChI is InChI=1S/C58H80N2O14.2ClH/c1-59(25-21-41-35-47(63-3)49(65-5)37-43(41)45(59)29-39-31-51(67-7)57(71-11)52(32-39)68-8)23-17-27-73-55(61)19-15-13-14-16-20-56(62)74-28-18-24-60(2)26-22-42-36-48(64-4)50(66-6)38-44(42)46(60)30-40-33-53(69-9)58(72-12)54(34-40)70-10;;/h15,19,31-38,45-46H,13-14,16-18,20-30H2,1-12H3;2*1H/q+2;;/p-2/b19-15+;;/t45-,46-,59+,60+;;/m1../s1. The second-order valence-corrected chi connectivity index (χ2v) is 19.4. The van der Waals surface area contributed by atoms with Crippen LogP contribution in [0.4, 0.5) is 0 Å². The van der Waals surface area contributed by atoms with Crippen LogP contribution in [0, 0.1) is 0 Å². The predicted molar refractivity (Wildman–Crippen MR) is 282 cm³/mol. The molecular weight excluding hydrogens is 1020 g/mol. The minimum Gasteiger partial charge on any atom is -1.00 e. The molecule has 18 heteroatoms. The van der Waals surface area contributed by atoms with Gasteiger partial charge in [0, 0.05) is 62.1 Å². The molecule has 0 amide bonds. The molecule has 0 aromatic heterocycles. The molecule has 0 spiro atoms. The van der Waals surface area contributed by atoms with E-state index in [2.05, 4.69) is 38.4 Å². The molecule has 0 unspecified atom stereocenters. The molecule has 0 fully saturated rings. The van der Waals surface area contributed by atoms with Gasteiger partial charge < -0.3 is 90.6 Å². The molecule has 0 radical (unpaired) electrons. The Morgan fingerprint density at radius 2 is 0.868 bits per heavy atom. The van der Waals surface area contributed by atoms with Gasteiger partial charge in [0.25, 0.3) is 0 Å². The first-order valence-corrected chi connectivity index (χ1v) is 25.5. The molecule has 0 saturated heterocycles. The van der Waals surface area contributed by atoms with Crippen molar-refractivity contribution in [3.63, 3.8) is 0 Å². The molecule has 420 valence electrons. The van der Waals surface area contributed by atoms with E-state index in [0.717, 1.165) is 65.5 Å². The minimum absolute atomic E-state index is 0. The number of ether oxygens (including phenoxy) is 12. The lowest BCUT2D eigenvalue weighted by Gasteiger charge is -2.46. The quantitative estimate of drug-likeness (QED) is 0.0356. The molecular formula is C58H80Cl2N2O14. The van der Waals surface area contributed by atoms with E-state index in [1.54, 1.807) is 71.1 Å². The third kappa shape index (κ3) is 15.0. The Labute approximate surface area is 462 Å². The number of likely N-dealkylation sites (N-methyl/N-ethyl adjacent to an activating group) is 2. The van der Waals surface area contributed by atoms with Gasteiger partial charge in [-0.15, -0.1) is 0 Å². The molecule has 2 heterocycles. The van der Waals surface area contributed by atoms with Crippen LogP contribution in [-0.4, -0.2) is 145 Å². The predicted octanol–water partition coefficient (Wildman–Crippen LogP) is 3.04. The fourth-order valence-corrected chi connectivity index (χ4v) is 10.9. The van der Waals surface area contributed by atoms with Crippen molar-refractivity contribution in [3.8, 4) is 57.5 Å². The van der Waals surface area contributed by atoms with Crippen LogP contribution in [0.1, 0.15) is 84.0 Å². The minimum atomic E-state index is -0.375. The summed E-state index contributed by atoms with van der Waals surface area (Å²) in [4.78, 5) is 25.7. The van der Waals surface area contributed by atoms with E-state index >= 15 is 0 Å². The highest BCUT2D eigenvalue weighted by Gasteiger charge is 2.42. The number of quaternary nitrogens is 2. The third-order valence-electron chi connectivity index (χ3n) is 15.0. The van der Waals surface area contributed by atoms with Gasteiger partial charge in [-0.25, -0.2) is 4.79 Å². The number of esters is 2. The molecule has 6 rings (SSSR count). The third-order valence-corrected chi connectivity index (χ3v) is 15.0. The maximum absolute atomic E-state index is 12.9. The highest BCUT2D eigenvalue weighted by Crippen LogP contribution is 2.47. The zero-order valence-electron chi connectivity index (χ0n) is 46.6. The number of hydrogen-bond donors (Lipinski definition) is 0. The molecule has 4 aromatic carbocycles. The summed E-state index contributed by atoms with van der Waals surface area (Å²) in [5.74, 6) is 5.71. The van der Waals surface area contributed by atoms with Gasteiger partial charge in [0.15, 0.2) is 46.0 Å². The maximum Gasteiger partial charge on any atom is 0.330 e. The normalized spacial score (nSPS) is 18.4. The Bertz CT molecular complexity index is 2530. The number of hydrogen-bond acceptors (Lipinski definition) is 14. The second-order valence-electron chi connectivity index (χ2n) is 19.4. The van der Waals surface area contributed by atoms with Crippen LogP contribution in [0.25, 0.3) is 0 Å². The molecule has 0 bridgehead atoms. The number of carbonyl (C=O) groups excluding carboxylic acids is 2. The number of benzene rings is 4. The summed E-state index contributed by atoms with van der Waals surface area (Å²) in [5, 5.41) is 0. The highest BCUT2D eigenvalue weighted by molar-refractivity contribution is 5.81. The average molecular weight is 1100 g/mol. The number of methoxy groups -OCH3 is 10. The summed E-state index contributed by atoms with van der Waals surface area (Å²) >= 11 is 0. The Morgan fingerprint density at radius 3 is 1.25 bits per heavy atom. The van der Waals surface area contributed by atoms with Crippen molar-refractivity contribution in [2.24, 2.45) is 0 Å². The molecule has 2 aliphatic heterocycles. The van der Waals surface area contributed by atoms with E-state index in [4.69, 9.17) is 56.8 Å². The molecule has 2 aliphatic rings. The van der Waals surface area contributed by atoms with Crippen LogP contribution in [0.5, 0.6) is 57.5 Å². The lowest BCUT2D eigenvalue weighted by atomic mass is 9.86. The van der Waals surface area contributed by atoms with Gasteiger partial charge in [-0.3, -0.25) is 4.79 Å². The summed E-state index contributed by atoms with van der Waals surface area (Å²) in [6.45, 7) is 3.99. The van der Waals surface area contributed by atoms with Gasteiger partial charge in [0.2, 0.25) is 11.5 Å². The van der Waals surface area contributed by atoms with Gasteiger partial charge in [-0.05, 0) is 90.0 Å². The molecule has 4 atom stereocenters. The molecule has 0 saturated carbocycles. The van der Waals surface area contributed by atoms with Crippen molar-refractivity contribution >= 4 is 11.9 Å². The smallest absolute Gasteiger partial charge is 0.330 e. The fraction of sp³-hybridized carbons (Fsp3) is 0.517. The summed E-state index contributed by atoms with van der Waals surface area (Å²) in [7, 11) is 20.9. The summed E-state index contributed by atoms with van der Waals surface area (Å²) < 4.78 is 69.8. The first-order valence-electron chi connectivity index (χ1n) is 25.5. The van der Waals surface area contributed by atoms with Crippen molar-refractivity contribution in [2.75, 3.05) is 125 Å². The van der Waals surface area contributed by atoms with Crippen molar-refractivity contribution < 1.29 is 100 Å². The molecule has 16 nitrogen and oxygen atoms in total. The van der Waals surface area contributed by atoms with Crippen molar-refractivity contribution in [1.82, 2.24) is 0 Å². The van der Waals surface area contributed by atoms with E-state index in [0.29, 0.717) is 116 Å². The number of carbonyl (C=O) groups is 2. The van der Waals surface area contributed by atoms with E-state index in [9.17, 15) is 9.59 Å². The van der Waals surface area contributed by atoms with E-state index in [1.807, 2.05) is 30.3 Å². The number of halogens is 2. The highest BCUT2D eigenvalue weighted by atomic mass is 35.5. The number of nitrogens with zero attached hydrogens (tertiary/aromatic N) is 2. The maximum atomic E-state index is 12.9. The first-order chi connectivity index (χ1) is 35.7. The van der Waals surface area contributed by atoms with Gasteiger partial charge in [-0.2, -0.15) is 0 Å². The SMILES string of the molecule is COc1cc2c(cc1OC)[C@@H](Cc1cc(OC)c(OC)c(OC)c1)[N@@+](C)(CCCOC(=O)/C=C/CCCCC(=O)OCCC[N@@+]1(C)CCc3cc(OC)c(OC)cc3[C@H]1Cc1cc(OC)c(OC)c(OC)c1)CC2.[Cl-].[Cl-]. The van der Waals surface area contributed by atoms with E-state index in [1.165, 1.54) is 28.3 Å². The Hall–Kier alpha value is -5.94. The molecule has 0 N–H and O–H groups in total. The van der Waals surface area contributed by atoms with Crippen molar-refractivity contribution in [2.45, 2.75) is 76.3 Å². The lowest BCUT2D eigenvalue weighted by Crippen LogP contribution is -3.00. The molecule has 0 aliphatic carbocycles. The largest absolute Gasteiger partial charge is 1.00 e. The van der Waals surface area contributed by atoms with Crippen LogP contribution in [0.3, 0.4) is 0 Å². The number of unbranched alkanes of at least 4 members (excludes halogenated alkanes) is 2. The van der Waals surface area contributed by atoms with Gasteiger partial charge in [-0.1, -0.05) is 6.08 Å².